The van der Waals surface area contributed by atoms with E-state index in [0.717, 1.165) is 18.7 Å². The third-order valence-electron chi connectivity index (χ3n) is 4.86. The van der Waals surface area contributed by atoms with Crippen LogP contribution in [0.25, 0.3) is 0 Å². The summed E-state index contributed by atoms with van der Waals surface area (Å²) in [6, 6.07) is 3.80. The second-order valence-electron chi connectivity index (χ2n) is 8.22. The van der Waals surface area contributed by atoms with E-state index in [9.17, 15) is 4.79 Å². The van der Waals surface area contributed by atoms with Crippen LogP contribution >= 0.6 is 0 Å². The third kappa shape index (κ3) is 6.23. The minimum absolute atomic E-state index is 0.0914. The zero-order chi connectivity index (χ0) is 20.7. The minimum Gasteiger partial charge on any atom is -0.477 e. The smallest absolute Gasteiger partial charge is 0.307 e. The Morgan fingerprint density at radius 2 is 1.96 bits per heavy atom. The number of rotatable bonds is 10. The van der Waals surface area contributed by atoms with Crippen LogP contribution in [0.3, 0.4) is 0 Å². The predicted molar refractivity (Wildman–Crippen MR) is 111 cm³/mol. The fourth-order valence-corrected chi connectivity index (χ4v) is 3.28. The molecule has 1 aromatic heterocycles. The second kappa shape index (κ2) is 10.5. The molecule has 156 valence electrons. The molecule has 6 heteroatoms. The van der Waals surface area contributed by atoms with Gasteiger partial charge in [0.15, 0.2) is 0 Å². The van der Waals surface area contributed by atoms with Gasteiger partial charge in [-0.2, -0.15) is 0 Å². The molecule has 0 N–H and O–H groups in total. The van der Waals surface area contributed by atoms with E-state index in [2.05, 4.69) is 42.1 Å². The molecule has 0 spiro atoms. The Balaban J connectivity index is 2.15. The summed E-state index contributed by atoms with van der Waals surface area (Å²) in [5.74, 6) is 1.20. The highest BCUT2D eigenvalue weighted by Crippen LogP contribution is 2.31. The highest BCUT2D eigenvalue weighted by molar-refractivity contribution is 5.70. The zero-order valence-electron chi connectivity index (χ0n) is 17.9. The first-order chi connectivity index (χ1) is 13.3. The number of esters is 1. The zero-order valence-corrected chi connectivity index (χ0v) is 17.9. The molecule has 0 saturated carbocycles. The molecular weight excluding hydrogens is 354 g/mol. The largest absolute Gasteiger partial charge is 0.477 e. The van der Waals surface area contributed by atoms with Crippen molar-refractivity contribution >= 4 is 5.97 Å². The lowest BCUT2D eigenvalue weighted by molar-refractivity contribution is -0.146. The summed E-state index contributed by atoms with van der Waals surface area (Å²) in [5, 5.41) is 0. The van der Waals surface area contributed by atoms with Gasteiger partial charge < -0.3 is 14.4 Å². The van der Waals surface area contributed by atoms with Crippen molar-refractivity contribution in [2.75, 3.05) is 26.3 Å². The number of aromatic nitrogens is 1. The van der Waals surface area contributed by atoms with Crippen LogP contribution in [-0.4, -0.2) is 53.2 Å². The van der Waals surface area contributed by atoms with E-state index < -0.39 is 0 Å². The van der Waals surface area contributed by atoms with Gasteiger partial charge in [0.05, 0.1) is 25.8 Å². The molecule has 0 aliphatic carbocycles. The standard InChI is InChI=1S/C22H35N3O3/c1-7-24-10-11-25(18(24)6)20(12-22(26)28-15-17(4)5)19-8-9-21(23-13-19)27-14-16(2)3/h7-9,13,16-18,20H,1,10-12,14-15H2,2-6H3/t18?,20-/m0/s1. The maximum Gasteiger partial charge on any atom is 0.307 e. The fraction of sp³-hybridized carbons (Fsp3) is 0.636. The Kier molecular flexibility index (Phi) is 8.30. The molecule has 1 aliphatic heterocycles. The first-order valence-electron chi connectivity index (χ1n) is 10.2. The maximum absolute atomic E-state index is 12.5. The summed E-state index contributed by atoms with van der Waals surface area (Å²) < 4.78 is 11.1. The van der Waals surface area contributed by atoms with Crippen LogP contribution in [0.15, 0.2) is 31.1 Å². The molecule has 1 fully saturated rings. The van der Waals surface area contributed by atoms with Crippen molar-refractivity contribution in [3.8, 4) is 5.88 Å². The van der Waals surface area contributed by atoms with Crippen molar-refractivity contribution in [2.24, 2.45) is 11.8 Å². The summed E-state index contributed by atoms with van der Waals surface area (Å²) >= 11 is 0. The Bertz CT molecular complexity index is 630. The molecule has 0 aromatic carbocycles. The number of nitrogens with zero attached hydrogens (tertiary/aromatic N) is 3. The van der Waals surface area contributed by atoms with Gasteiger partial charge in [-0.15, -0.1) is 0 Å². The van der Waals surface area contributed by atoms with E-state index in [4.69, 9.17) is 9.47 Å². The van der Waals surface area contributed by atoms with E-state index in [1.807, 2.05) is 38.4 Å². The third-order valence-corrected chi connectivity index (χ3v) is 4.86. The average Bonchev–Trinajstić information content (AvgIpc) is 3.03. The molecule has 6 nitrogen and oxygen atoms in total. The quantitative estimate of drug-likeness (QED) is 0.567. The van der Waals surface area contributed by atoms with Crippen LogP contribution in [0.1, 0.15) is 52.6 Å². The molecule has 2 heterocycles. The van der Waals surface area contributed by atoms with Crippen molar-refractivity contribution in [2.45, 2.75) is 53.2 Å². The average molecular weight is 390 g/mol. The van der Waals surface area contributed by atoms with E-state index in [-0.39, 0.29) is 18.2 Å². The van der Waals surface area contributed by atoms with E-state index in [0.29, 0.717) is 37.4 Å². The molecule has 28 heavy (non-hydrogen) atoms. The highest BCUT2D eigenvalue weighted by atomic mass is 16.5. The predicted octanol–water partition coefficient (Wildman–Crippen LogP) is 3.85. The Hall–Kier alpha value is -2.08. The summed E-state index contributed by atoms with van der Waals surface area (Å²) in [7, 11) is 0. The summed E-state index contributed by atoms with van der Waals surface area (Å²) in [6.07, 6.45) is 4.15. The number of pyridine rings is 1. The van der Waals surface area contributed by atoms with Gasteiger partial charge in [0, 0.05) is 31.4 Å². The molecular formula is C22H35N3O3. The van der Waals surface area contributed by atoms with E-state index in [1.165, 1.54) is 0 Å². The van der Waals surface area contributed by atoms with Gasteiger partial charge in [-0.3, -0.25) is 9.69 Å². The first-order valence-corrected chi connectivity index (χ1v) is 10.2. The van der Waals surface area contributed by atoms with E-state index >= 15 is 0 Å². The topological polar surface area (TPSA) is 54.9 Å². The highest BCUT2D eigenvalue weighted by Gasteiger charge is 2.34. The van der Waals surface area contributed by atoms with Gasteiger partial charge in [0.2, 0.25) is 5.88 Å². The van der Waals surface area contributed by atoms with Crippen molar-refractivity contribution in [1.29, 1.82) is 0 Å². The number of hydrogen-bond donors (Lipinski definition) is 0. The lowest BCUT2D eigenvalue weighted by Gasteiger charge is -2.32. The maximum atomic E-state index is 12.5. The normalized spacial score (nSPS) is 18.5. The number of ether oxygens (including phenoxy) is 2. The summed E-state index contributed by atoms with van der Waals surface area (Å²) in [5.41, 5.74) is 0.996. The fourth-order valence-electron chi connectivity index (χ4n) is 3.28. The molecule has 0 bridgehead atoms. The monoisotopic (exact) mass is 389 g/mol. The van der Waals surface area contributed by atoms with Gasteiger partial charge in [0.25, 0.3) is 0 Å². The Labute approximate surface area is 169 Å². The molecule has 1 saturated heterocycles. The molecule has 0 amide bonds. The van der Waals surface area contributed by atoms with Crippen LogP contribution in [0.4, 0.5) is 0 Å². The molecule has 1 aliphatic rings. The van der Waals surface area contributed by atoms with Crippen LogP contribution in [0, 0.1) is 11.8 Å². The van der Waals surface area contributed by atoms with Crippen molar-refractivity contribution in [1.82, 2.24) is 14.8 Å². The summed E-state index contributed by atoms with van der Waals surface area (Å²) in [6.45, 7) is 17.1. The minimum atomic E-state index is -0.178. The Morgan fingerprint density at radius 1 is 1.25 bits per heavy atom. The molecule has 1 unspecified atom stereocenters. The van der Waals surface area contributed by atoms with Gasteiger partial charge in [-0.1, -0.05) is 40.3 Å². The molecule has 2 atom stereocenters. The summed E-state index contributed by atoms with van der Waals surface area (Å²) in [4.78, 5) is 21.4. The number of hydrogen-bond acceptors (Lipinski definition) is 6. The SMILES string of the molecule is C=CN1CCN([C@@H](CC(=O)OCC(C)C)c2ccc(OCC(C)C)nc2)C1C. The van der Waals surface area contributed by atoms with Gasteiger partial charge >= 0.3 is 5.97 Å². The van der Waals surface area contributed by atoms with Crippen molar-refractivity contribution < 1.29 is 14.3 Å². The van der Waals surface area contributed by atoms with Crippen LogP contribution in [0.2, 0.25) is 0 Å². The van der Waals surface area contributed by atoms with Crippen LogP contribution < -0.4 is 4.74 Å². The van der Waals surface area contributed by atoms with E-state index in [1.54, 1.807) is 0 Å². The van der Waals surface area contributed by atoms with Gasteiger partial charge in [0.1, 0.15) is 0 Å². The first kappa shape index (κ1) is 22.2. The lowest BCUT2D eigenvalue weighted by Crippen LogP contribution is -2.37. The lowest BCUT2D eigenvalue weighted by atomic mass is 10.0. The number of carbonyl (C=O) groups is 1. The van der Waals surface area contributed by atoms with Crippen molar-refractivity contribution in [3.05, 3.63) is 36.7 Å². The van der Waals surface area contributed by atoms with Crippen LogP contribution in [0.5, 0.6) is 5.88 Å². The van der Waals surface area contributed by atoms with Crippen molar-refractivity contribution in [3.63, 3.8) is 0 Å². The molecule has 2 rings (SSSR count). The Morgan fingerprint density at radius 3 is 2.50 bits per heavy atom. The van der Waals surface area contributed by atoms with Crippen LogP contribution in [-0.2, 0) is 9.53 Å². The van der Waals surface area contributed by atoms with Gasteiger partial charge in [-0.05, 0) is 30.5 Å². The van der Waals surface area contributed by atoms with Gasteiger partial charge in [-0.25, -0.2) is 4.98 Å². The second-order valence-corrected chi connectivity index (χ2v) is 8.22. The molecule has 1 aromatic rings. The molecule has 0 radical (unpaired) electrons. The number of carbonyl (C=O) groups excluding carboxylic acids is 1.